The van der Waals surface area contributed by atoms with Crippen molar-refractivity contribution in [1.29, 1.82) is 0 Å². The van der Waals surface area contributed by atoms with Gasteiger partial charge < -0.3 is 14.6 Å². The first-order valence-electron chi connectivity index (χ1n) is 7.51. The topological polar surface area (TPSA) is 119 Å². The molecule has 0 saturated carbocycles. The summed E-state index contributed by atoms with van der Waals surface area (Å²) >= 11 is 1.30. The summed E-state index contributed by atoms with van der Waals surface area (Å²) in [6, 6.07) is 10.4. The van der Waals surface area contributed by atoms with Gasteiger partial charge in [-0.25, -0.2) is 0 Å². The molecule has 2 aromatic rings. The summed E-state index contributed by atoms with van der Waals surface area (Å²) in [5, 5.41) is 19.6. The normalized spacial score (nSPS) is 10.2. The van der Waals surface area contributed by atoms with Crippen LogP contribution in [0.4, 0.5) is 11.4 Å². The summed E-state index contributed by atoms with van der Waals surface area (Å²) in [7, 11) is 0. The number of ketones is 1. The molecule has 0 unspecified atom stereocenters. The Bertz CT molecular complexity index is 840. The highest BCUT2D eigenvalue weighted by molar-refractivity contribution is 7.99. The number of hydrogen-bond acceptors (Lipinski definition) is 7. The second kappa shape index (κ2) is 8.86. The van der Waals surface area contributed by atoms with Gasteiger partial charge in [0.2, 0.25) is 0 Å². The van der Waals surface area contributed by atoms with Crippen molar-refractivity contribution in [2.45, 2.75) is 12.8 Å². The van der Waals surface area contributed by atoms with E-state index in [2.05, 4.69) is 4.72 Å². The number of carboxylic acid groups (broad SMARTS) is 1. The van der Waals surface area contributed by atoms with Crippen molar-refractivity contribution in [2.24, 2.45) is 0 Å². The third-order valence-corrected chi connectivity index (χ3v) is 3.76. The fourth-order valence-electron chi connectivity index (χ4n) is 2.13. The van der Waals surface area contributed by atoms with Crippen molar-refractivity contribution in [3.63, 3.8) is 0 Å². The van der Waals surface area contributed by atoms with Gasteiger partial charge in [0.25, 0.3) is 5.69 Å². The van der Waals surface area contributed by atoms with Gasteiger partial charge in [-0.15, -0.1) is 0 Å². The molecule has 0 aliphatic rings. The average molecular weight is 376 g/mol. The molecule has 26 heavy (non-hydrogen) atoms. The van der Waals surface area contributed by atoms with E-state index in [-0.39, 0.29) is 30.1 Å². The van der Waals surface area contributed by atoms with Crippen LogP contribution in [-0.2, 0) is 4.79 Å². The summed E-state index contributed by atoms with van der Waals surface area (Å²) in [4.78, 5) is 33.1. The minimum atomic E-state index is -1.05. The van der Waals surface area contributed by atoms with Crippen LogP contribution in [0, 0.1) is 10.1 Å². The molecule has 0 aromatic heterocycles. The van der Waals surface area contributed by atoms with Gasteiger partial charge in [-0.05, 0) is 18.2 Å². The lowest BCUT2D eigenvalue weighted by molar-refractivity contribution is -0.384. The lowest BCUT2D eigenvalue weighted by Gasteiger charge is -2.12. The number of carbonyl (C=O) groups excluding carboxylic acids is 1. The Morgan fingerprint density at radius 2 is 2.00 bits per heavy atom. The van der Waals surface area contributed by atoms with Crippen molar-refractivity contribution < 1.29 is 24.4 Å². The number of nitro benzene ring substituents is 1. The van der Waals surface area contributed by atoms with Gasteiger partial charge in [0, 0.05) is 24.3 Å². The molecule has 2 N–H and O–H groups in total. The first-order valence-corrected chi connectivity index (χ1v) is 8.73. The van der Waals surface area contributed by atoms with E-state index >= 15 is 0 Å². The van der Waals surface area contributed by atoms with E-state index in [0.29, 0.717) is 17.0 Å². The molecule has 136 valence electrons. The summed E-state index contributed by atoms with van der Waals surface area (Å²) in [5.74, 6) is -0.811. The Hall–Kier alpha value is -3.07. The average Bonchev–Trinajstić information content (AvgIpc) is 2.61. The van der Waals surface area contributed by atoms with Crippen LogP contribution in [0.25, 0.3) is 0 Å². The molecule has 0 spiro atoms. The second-order valence-corrected chi connectivity index (χ2v) is 5.80. The molecule has 0 saturated heterocycles. The van der Waals surface area contributed by atoms with Crippen LogP contribution >= 0.6 is 11.9 Å². The molecule has 0 radical (unpaired) electrons. The van der Waals surface area contributed by atoms with Crippen LogP contribution in [0.15, 0.2) is 42.5 Å². The Kier molecular flexibility index (Phi) is 6.56. The SMILES string of the molecule is CSNc1ccc([N+](=O)[O-])cc1Oc1cccc(C(=O)CCC(=O)O)c1. The zero-order chi connectivity index (χ0) is 19.1. The number of Topliss-reactive ketones (excluding diaryl/α,β-unsaturated/α-hetero) is 1. The van der Waals surface area contributed by atoms with Crippen molar-refractivity contribution >= 4 is 35.1 Å². The fraction of sp³-hybridized carbons (Fsp3) is 0.176. The molecular formula is C17H16N2O6S. The van der Waals surface area contributed by atoms with Crippen LogP contribution in [0.5, 0.6) is 11.5 Å². The van der Waals surface area contributed by atoms with Gasteiger partial charge in [-0.1, -0.05) is 24.1 Å². The number of anilines is 1. The number of nitrogens with zero attached hydrogens (tertiary/aromatic N) is 1. The van der Waals surface area contributed by atoms with E-state index in [0.717, 1.165) is 0 Å². The lowest BCUT2D eigenvalue weighted by atomic mass is 10.1. The highest BCUT2D eigenvalue weighted by atomic mass is 32.2. The van der Waals surface area contributed by atoms with E-state index in [9.17, 15) is 19.7 Å². The number of carboxylic acids is 1. The number of nitrogens with one attached hydrogen (secondary N) is 1. The van der Waals surface area contributed by atoms with Crippen LogP contribution in [0.2, 0.25) is 0 Å². The number of non-ortho nitro benzene ring substituents is 1. The fourth-order valence-corrected chi connectivity index (χ4v) is 2.52. The van der Waals surface area contributed by atoms with E-state index in [1.165, 1.54) is 36.2 Å². The second-order valence-electron chi connectivity index (χ2n) is 5.19. The molecular weight excluding hydrogens is 360 g/mol. The van der Waals surface area contributed by atoms with Gasteiger partial charge in [0.1, 0.15) is 5.75 Å². The number of benzene rings is 2. The van der Waals surface area contributed by atoms with Crippen LogP contribution < -0.4 is 9.46 Å². The maximum absolute atomic E-state index is 12.0. The number of nitro groups is 1. The largest absolute Gasteiger partial charge is 0.481 e. The van der Waals surface area contributed by atoms with E-state index < -0.39 is 10.9 Å². The zero-order valence-electron chi connectivity index (χ0n) is 13.8. The Labute approximate surface area is 153 Å². The van der Waals surface area contributed by atoms with Crippen LogP contribution in [-0.4, -0.2) is 28.0 Å². The first-order chi connectivity index (χ1) is 12.4. The molecule has 0 fully saturated rings. The van der Waals surface area contributed by atoms with Crippen molar-refractivity contribution in [2.75, 3.05) is 11.0 Å². The molecule has 2 rings (SSSR count). The number of hydrogen-bond donors (Lipinski definition) is 2. The molecule has 0 heterocycles. The summed E-state index contributed by atoms with van der Waals surface area (Å²) in [5.41, 5.74) is 0.736. The molecule has 0 bridgehead atoms. The standard InChI is InChI=1S/C17H16N2O6S/c1-26-18-14-6-5-12(19(23)24)10-16(14)25-13-4-2-3-11(9-13)15(20)7-8-17(21)22/h2-6,9-10,18H,7-8H2,1H3,(H,21,22). The molecule has 2 aromatic carbocycles. The van der Waals surface area contributed by atoms with Gasteiger partial charge in [0.05, 0.1) is 23.1 Å². The third-order valence-electron chi connectivity index (χ3n) is 3.34. The van der Waals surface area contributed by atoms with E-state index in [1.807, 2.05) is 0 Å². The van der Waals surface area contributed by atoms with Crippen LogP contribution in [0.3, 0.4) is 0 Å². The van der Waals surface area contributed by atoms with Gasteiger partial charge in [-0.2, -0.15) is 0 Å². The highest BCUT2D eigenvalue weighted by Crippen LogP contribution is 2.34. The minimum Gasteiger partial charge on any atom is -0.481 e. The van der Waals surface area contributed by atoms with Gasteiger partial charge >= 0.3 is 5.97 Å². The molecule has 0 atom stereocenters. The number of carbonyl (C=O) groups is 2. The lowest BCUT2D eigenvalue weighted by Crippen LogP contribution is -2.04. The number of rotatable bonds is 9. The Balaban J connectivity index is 2.26. The van der Waals surface area contributed by atoms with Gasteiger partial charge in [-0.3, -0.25) is 19.7 Å². The summed E-state index contributed by atoms with van der Waals surface area (Å²) in [6.07, 6.45) is 1.43. The zero-order valence-corrected chi connectivity index (χ0v) is 14.6. The third kappa shape index (κ3) is 5.21. The maximum Gasteiger partial charge on any atom is 0.303 e. The monoisotopic (exact) mass is 376 g/mol. The smallest absolute Gasteiger partial charge is 0.303 e. The van der Waals surface area contributed by atoms with Crippen LogP contribution in [0.1, 0.15) is 23.2 Å². The van der Waals surface area contributed by atoms with Gasteiger partial charge in [0.15, 0.2) is 11.5 Å². The van der Waals surface area contributed by atoms with E-state index in [1.54, 1.807) is 24.5 Å². The molecule has 0 aliphatic heterocycles. The molecule has 8 nitrogen and oxygen atoms in total. The summed E-state index contributed by atoms with van der Waals surface area (Å²) < 4.78 is 8.69. The van der Waals surface area contributed by atoms with Crippen molar-refractivity contribution in [1.82, 2.24) is 0 Å². The molecule has 9 heteroatoms. The quantitative estimate of drug-likeness (QED) is 0.290. The van der Waals surface area contributed by atoms with Crippen molar-refractivity contribution in [3.05, 3.63) is 58.1 Å². The molecule has 0 aliphatic carbocycles. The maximum atomic E-state index is 12.0. The van der Waals surface area contributed by atoms with E-state index in [4.69, 9.17) is 9.84 Å². The van der Waals surface area contributed by atoms with Crippen molar-refractivity contribution in [3.8, 4) is 11.5 Å². The Morgan fingerprint density at radius 1 is 1.23 bits per heavy atom. The number of ether oxygens (including phenoxy) is 1. The summed E-state index contributed by atoms with van der Waals surface area (Å²) in [6.45, 7) is 0. The minimum absolute atomic E-state index is 0.116. The highest BCUT2D eigenvalue weighted by Gasteiger charge is 2.14. The number of aliphatic carboxylic acids is 1. The Morgan fingerprint density at radius 3 is 2.65 bits per heavy atom. The predicted molar refractivity (Wildman–Crippen MR) is 98.0 cm³/mol. The first kappa shape index (κ1) is 19.3. The molecule has 0 amide bonds. The predicted octanol–water partition coefficient (Wildman–Crippen LogP) is 4.12.